The summed E-state index contributed by atoms with van der Waals surface area (Å²) in [5.74, 6) is 0.387. The van der Waals surface area contributed by atoms with E-state index in [2.05, 4.69) is 66.7 Å². The van der Waals surface area contributed by atoms with E-state index in [1.807, 2.05) is 12.1 Å². The summed E-state index contributed by atoms with van der Waals surface area (Å²) < 4.78 is 0. The number of hydrogen-bond donors (Lipinski definition) is 1. The second-order valence-corrected chi connectivity index (χ2v) is 7.42. The van der Waals surface area contributed by atoms with Crippen molar-refractivity contribution in [3.8, 4) is 22.3 Å². The van der Waals surface area contributed by atoms with Gasteiger partial charge in [0.15, 0.2) is 0 Å². The first-order chi connectivity index (χ1) is 12.8. The number of benzene rings is 3. The molecule has 0 aliphatic heterocycles. The average molecular weight is 342 g/mol. The van der Waals surface area contributed by atoms with Gasteiger partial charge in [0.1, 0.15) is 0 Å². The Morgan fingerprint density at radius 2 is 1.12 bits per heavy atom. The van der Waals surface area contributed by atoms with Crippen molar-refractivity contribution in [1.29, 1.82) is 0 Å². The second kappa shape index (κ2) is 7.88. The second-order valence-electron chi connectivity index (χ2n) is 7.42. The Labute approximate surface area is 156 Å². The fourth-order valence-corrected chi connectivity index (χ4v) is 4.14. The van der Waals surface area contributed by atoms with Crippen LogP contribution >= 0.6 is 0 Å². The number of aliphatic hydroxyl groups excluding tert-OH is 1. The molecule has 0 heterocycles. The summed E-state index contributed by atoms with van der Waals surface area (Å²) in [6.07, 6.45) is 5.69. The van der Waals surface area contributed by atoms with Crippen molar-refractivity contribution in [2.45, 2.75) is 38.2 Å². The van der Waals surface area contributed by atoms with Gasteiger partial charge in [-0.25, -0.2) is 0 Å². The standard InChI is InChI=1S/C25H26O/c26-25(21-14-8-3-9-15-21)24-17-22(19-10-4-1-5-11-19)16-23(18-24)20-12-6-2-7-13-20/h1-2,4-7,10-13,16-18,21,25-26H,3,8-9,14-15H2/t25-/m0/s1. The van der Waals surface area contributed by atoms with Crippen molar-refractivity contribution in [3.63, 3.8) is 0 Å². The molecule has 0 radical (unpaired) electrons. The molecular formula is C25H26O. The van der Waals surface area contributed by atoms with Crippen LogP contribution in [-0.4, -0.2) is 5.11 Å². The molecule has 0 amide bonds. The van der Waals surface area contributed by atoms with Gasteiger partial charge in [0, 0.05) is 0 Å². The molecule has 0 saturated heterocycles. The smallest absolute Gasteiger partial charge is 0.0818 e. The maximum Gasteiger partial charge on any atom is 0.0818 e. The van der Waals surface area contributed by atoms with E-state index in [1.165, 1.54) is 41.5 Å². The van der Waals surface area contributed by atoms with Crippen LogP contribution in [0.25, 0.3) is 22.3 Å². The van der Waals surface area contributed by atoms with E-state index in [9.17, 15) is 5.11 Å². The Bertz CT molecular complexity index is 775. The minimum atomic E-state index is -0.374. The Balaban J connectivity index is 1.77. The molecule has 132 valence electrons. The van der Waals surface area contributed by atoms with Gasteiger partial charge in [-0.1, -0.05) is 79.9 Å². The van der Waals surface area contributed by atoms with Crippen molar-refractivity contribution in [2.75, 3.05) is 0 Å². The lowest BCUT2D eigenvalue weighted by Gasteiger charge is -2.27. The van der Waals surface area contributed by atoms with Gasteiger partial charge in [0.05, 0.1) is 6.10 Å². The molecule has 0 spiro atoms. The molecule has 1 atom stereocenters. The first-order valence-corrected chi connectivity index (χ1v) is 9.75. The first kappa shape index (κ1) is 17.1. The van der Waals surface area contributed by atoms with E-state index in [0.29, 0.717) is 5.92 Å². The molecule has 0 bridgehead atoms. The topological polar surface area (TPSA) is 20.2 Å². The normalized spacial score (nSPS) is 16.3. The molecule has 3 aromatic rings. The predicted octanol–water partition coefficient (Wildman–Crippen LogP) is 6.63. The summed E-state index contributed by atoms with van der Waals surface area (Å²) in [4.78, 5) is 0. The molecule has 1 fully saturated rings. The number of hydrogen-bond acceptors (Lipinski definition) is 1. The molecule has 4 rings (SSSR count). The molecule has 3 aromatic carbocycles. The van der Waals surface area contributed by atoms with Crippen LogP contribution in [0.5, 0.6) is 0 Å². The third kappa shape index (κ3) is 3.73. The van der Waals surface area contributed by atoms with Crippen LogP contribution in [0.1, 0.15) is 43.8 Å². The maximum absolute atomic E-state index is 11.1. The van der Waals surface area contributed by atoms with Gasteiger partial charge in [0.25, 0.3) is 0 Å². The van der Waals surface area contributed by atoms with Gasteiger partial charge < -0.3 is 5.11 Å². The fourth-order valence-electron chi connectivity index (χ4n) is 4.14. The third-order valence-corrected chi connectivity index (χ3v) is 5.61. The lowest BCUT2D eigenvalue weighted by Crippen LogP contribution is -2.16. The number of rotatable bonds is 4. The highest BCUT2D eigenvalue weighted by molar-refractivity contribution is 5.74. The van der Waals surface area contributed by atoms with Gasteiger partial charge in [-0.05, 0) is 64.8 Å². The van der Waals surface area contributed by atoms with Gasteiger partial charge in [-0.15, -0.1) is 0 Å². The number of aliphatic hydroxyl groups is 1. The summed E-state index contributed by atoms with van der Waals surface area (Å²) in [6.45, 7) is 0. The molecule has 1 aliphatic carbocycles. The monoisotopic (exact) mass is 342 g/mol. The van der Waals surface area contributed by atoms with Crippen LogP contribution in [0.2, 0.25) is 0 Å². The lowest BCUT2D eigenvalue weighted by molar-refractivity contribution is 0.0849. The fraction of sp³-hybridized carbons (Fsp3) is 0.280. The molecule has 0 aromatic heterocycles. The van der Waals surface area contributed by atoms with Crippen LogP contribution < -0.4 is 0 Å². The third-order valence-electron chi connectivity index (χ3n) is 5.61. The van der Waals surface area contributed by atoms with Crippen molar-refractivity contribution < 1.29 is 5.11 Å². The van der Waals surface area contributed by atoms with Gasteiger partial charge in [-0.2, -0.15) is 0 Å². The minimum absolute atomic E-state index is 0.374. The van der Waals surface area contributed by atoms with E-state index in [1.54, 1.807) is 0 Å². The van der Waals surface area contributed by atoms with Crippen molar-refractivity contribution >= 4 is 0 Å². The minimum Gasteiger partial charge on any atom is -0.388 e. The summed E-state index contributed by atoms with van der Waals surface area (Å²) in [5, 5.41) is 11.1. The van der Waals surface area contributed by atoms with E-state index in [-0.39, 0.29) is 6.10 Å². The van der Waals surface area contributed by atoms with Crippen LogP contribution in [-0.2, 0) is 0 Å². The summed E-state index contributed by atoms with van der Waals surface area (Å²) >= 11 is 0. The van der Waals surface area contributed by atoms with Gasteiger partial charge >= 0.3 is 0 Å². The molecule has 1 heteroatoms. The summed E-state index contributed by atoms with van der Waals surface area (Å²) in [6, 6.07) is 27.5. The van der Waals surface area contributed by atoms with E-state index < -0.39 is 0 Å². The molecule has 1 saturated carbocycles. The van der Waals surface area contributed by atoms with Crippen LogP contribution in [0.4, 0.5) is 0 Å². The Morgan fingerprint density at radius 3 is 1.62 bits per heavy atom. The zero-order valence-corrected chi connectivity index (χ0v) is 15.1. The Morgan fingerprint density at radius 1 is 0.615 bits per heavy atom. The maximum atomic E-state index is 11.1. The van der Waals surface area contributed by atoms with Gasteiger partial charge in [-0.3, -0.25) is 0 Å². The highest BCUT2D eigenvalue weighted by Gasteiger charge is 2.24. The van der Waals surface area contributed by atoms with Crippen LogP contribution in [0, 0.1) is 5.92 Å². The highest BCUT2D eigenvalue weighted by Crippen LogP contribution is 2.37. The van der Waals surface area contributed by atoms with E-state index in [0.717, 1.165) is 18.4 Å². The van der Waals surface area contributed by atoms with Crippen molar-refractivity contribution in [1.82, 2.24) is 0 Å². The zero-order valence-electron chi connectivity index (χ0n) is 15.1. The van der Waals surface area contributed by atoms with E-state index in [4.69, 9.17) is 0 Å². The molecule has 1 aliphatic rings. The average Bonchev–Trinajstić information content (AvgIpc) is 2.75. The van der Waals surface area contributed by atoms with Gasteiger partial charge in [0.2, 0.25) is 0 Å². The lowest BCUT2D eigenvalue weighted by atomic mass is 9.81. The van der Waals surface area contributed by atoms with Crippen LogP contribution in [0.3, 0.4) is 0 Å². The molecule has 1 N–H and O–H groups in total. The first-order valence-electron chi connectivity index (χ1n) is 9.75. The van der Waals surface area contributed by atoms with E-state index >= 15 is 0 Å². The quantitative estimate of drug-likeness (QED) is 0.564. The molecular weight excluding hydrogens is 316 g/mol. The highest BCUT2D eigenvalue weighted by atomic mass is 16.3. The Hall–Kier alpha value is -2.38. The summed E-state index contributed by atoms with van der Waals surface area (Å²) in [7, 11) is 0. The van der Waals surface area contributed by atoms with Crippen LogP contribution in [0.15, 0.2) is 78.9 Å². The molecule has 26 heavy (non-hydrogen) atoms. The Kier molecular flexibility index (Phi) is 5.17. The van der Waals surface area contributed by atoms with Crippen molar-refractivity contribution in [3.05, 3.63) is 84.4 Å². The summed E-state index contributed by atoms with van der Waals surface area (Å²) in [5.41, 5.74) is 5.80. The van der Waals surface area contributed by atoms with Crippen molar-refractivity contribution in [2.24, 2.45) is 5.92 Å². The molecule has 1 nitrogen and oxygen atoms in total. The SMILES string of the molecule is O[C@H](c1cc(-c2ccccc2)cc(-c2ccccc2)c1)C1CCCCC1. The predicted molar refractivity (Wildman–Crippen MR) is 109 cm³/mol. The zero-order chi connectivity index (χ0) is 17.8. The molecule has 0 unspecified atom stereocenters. The largest absolute Gasteiger partial charge is 0.388 e.